The van der Waals surface area contributed by atoms with Crippen molar-refractivity contribution in [2.24, 2.45) is 0 Å². The van der Waals surface area contributed by atoms with Crippen LogP contribution in [0.4, 0.5) is 20.4 Å². The number of nitrogens with zero attached hydrogens (tertiary/aromatic N) is 2. The molecule has 7 heteroatoms. The molecular formula is C14H24F2N4O. The van der Waals surface area contributed by atoms with E-state index in [4.69, 9.17) is 4.74 Å². The molecule has 0 fully saturated rings. The van der Waals surface area contributed by atoms with Gasteiger partial charge in [0.2, 0.25) is 0 Å². The zero-order valence-corrected chi connectivity index (χ0v) is 12.9. The molecule has 0 atom stereocenters. The van der Waals surface area contributed by atoms with E-state index in [0.29, 0.717) is 26.3 Å². The van der Waals surface area contributed by atoms with Crippen LogP contribution in [0.25, 0.3) is 0 Å². The Hall–Kier alpha value is -1.47. The topological polar surface area (TPSA) is 49.4 Å². The van der Waals surface area contributed by atoms with Gasteiger partial charge >= 0.3 is 0 Å². The van der Waals surface area contributed by atoms with Gasteiger partial charge in [-0.25, -0.2) is 13.8 Å². The van der Waals surface area contributed by atoms with Gasteiger partial charge in [0.05, 0.1) is 13.2 Å². The zero-order valence-electron chi connectivity index (χ0n) is 12.9. The summed E-state index contributed by atoms with van der Waals surface area (Å²) in [6, 6.07) is 0.834. The number of nitrogens with one attached hydrogen (secondary N) is 2. The molecule has 0 bridgehead atoms. The summed E-state index contributed by atoms with van der Waals surface area (Å²) >= 11 is 0. The van der Waals surface area contributed by atoms with Crippen LogP contribution in [0.1, 0.15) is 13.3 Å². The van der Waals surface area contributed by atoms with E-state index >= 15 is 0 Å². The Morgan fingerprint density at radius 3 is 2.29 bits per heavy atom. The highest BCUT2D eigenvalue weighted by Gasteiger charge is 2.11. The van der Waals surface area contributed by atoms with Crippen molar-refractivity contribution in [3.05, 3.63) is 17.7 Å². The van der Waals surface area contributed by atoms with Gasteiger partial charge in [-0.3, -0.25) is 0 Å². The lowest BCUT2D eigenvalue weighted by Crippen LogP contribution is -2.20. The highest BCUT2D eigenvalue weighted by Crippen LogP contribution is 2.18. The van der Waals surface area contributed by atoms with Gasteiger partial charge < -0.3 is 20.3 Å². The Morgan fingerprint density at radius 2 is 1.71 bits per heavy atom. The maximum atomic E-state index is 13.6. The van der Waals surface area contributed by atoms with E-state index in [0.717, 1.165) is 19.0 Å². The predicted molar refractivity (Wildman–Crippen MR) is 80.8 cm³/mol. The quantitative estimate of drug-likeness (QED) is 0.649. The molecule has 5 nitrogen and oxygen atoms in total. The molecule has 0 aliphatic heterocycles. The van der Waals surface area contributed by atoms with Gasteiger partial charge in [0.1, 0.15) is 0 Å². The molecule has 0 unspecified atom stereocenters. The number of likely N-dealkylation sites (N-methyl/N-ethyl adjacent to an activating group) is 1. The van der Waals surface area contributed by atoms with E-state index in [1.165, 1.54) is 0 Å². The Kier molecular flexibility index (Phi) is 7.92. The van der Waals surface area contributed by atoms with Gasteiger partial charge in [-0.15, -0.1) is 0 Å². The molecule has 1 heterocycles. The first kappa shape index (κ1) is 17.6. The first-order chi connectivity index (χ1) is 10.0. The normalized spacial score (nSPS) is 11.0. The van der Waals surface area contributed by atoms with Crippen molar-refractivity contribution in [2.45, 2.75) is 13.3 Å². The number of hydrogen-bond acceptors (Lipinski definition) is 5. The molecule has 0 aromatic carbocycles. The Morgan fingerprint density at radius 1 is 1.10 bits per heavy atom. The van der Waals surface area contributed by atoms with Crippen LogP contribution in [0.2, 0.25) is 0 Å². The lowest BCUT2D eigenvalue weighted by molar-refractivity contribution is 0.126. The maximum Gasteiger partial charge on any atom is 0.168 e. The molecule has 0 radical (unpaired) electrons. The largest absolute Gasteiger partial charge is 0.378 e. The van der Waals surface area contributed by atoms with Crippen LogP contribution < -0.4 is 10.6 Å². The van der Waals surface area contributed by atoms with Crippen LogP contribution in [-0.2, 0) is 4.74 Å². The van der Waals surface area contributed by atoms with E-state index in [1.807, 2.05) is 25.9 Å². The minimum Gasteiger partial charge on any atom is -0.378 e. The fourth-order valence-electron chi connectivity index (χ4n) is 1.55. The SMILES string of the molecule is CCCNc1nc(NCCOCCN(C)C)c(F)cc1F. The summed E-state index contributed by atoms with van der Waals surface area (Å²) in [6.45, 7) is 4.83. The number of pyridine rings is 1. The number of anilines is 2. The zero-order chi connectivity index (χ0) is 15.7. The second-order valence-corrected chi connectivity index (χ2v) is 4.92. The Balaban J connectivity index is 2.43. The second-order valence-electron chi connectivity index (χ2n) is 4.92. The van der Waals surface area contributed by atoms with Gasteiger partial charge in [-0.1, -0.05) is 6.92 Å². The third-order valence-corrected chi connectivity index (χ3v) is 2.69. The van der Waals surface area contributed by atoms with Crippen molar-refractivity contribution >= 4 is 11.6 Å². The van der Waals surface area contributed by atoms with Gasteiger partial charge in [0.25, 0.3) is 0 Å². The third kappa shape index (κ3) is 6.68. The summed E-state index contributed by atoms with van der Waals surface area (Å²) in [5.41, 5.74) is 0. The molecule has 1 aromatic rings. The number of rotatable bonds is 10. The van der Waals surface area contributed by atoms with Gasteiger partial charge in [0.15, 0.2) is 23.3 Å². The van der Waals surface area contributed by atoms with E-state index in [-0.39, 0.29) is 11.6 Å². The van der Waals surface area contributed by atoms with Crippen LogP contribution in [0.5, 0.6) is 0 Å². The molecule has 1 aromatic heterocycles. The highest BCUT2D eigenvalue weighted by molar-refractivity contribution is 5.47. The molecule has 120 valence electrons. The standard InChI is InChI=1S/C14H24F2N4O/c1-4-5-17-13-11(15)10-12(16)14(19-13)18-6-8-21-9-7-20(2)3/h10H,4-9H2,1-3H3,(H2,17,18,19). The minimum absolute atomic E-state index is 0.0335. The molecular weight excluding hydrogens is 278 g/mol. The first-order valence-corrected chi connectivity index (χ1v) is 7.10. The fraction of sp³-hybridized carbons (Fsp3) is 0.643. The van der Waals surface area contributed by atoms with Crippen molar-refractivity contribution in [2.75, 3.05) is 57.6 Å². The summed E-state index contributed by atoms with van der Waals surface area (Å²) in [5.74, 6) is -1.29. The molecule has 0 amide bonds. The van der Waals surface area contributed by atoms with Gasteiger partial charge in [-0.05, 0) is 20.5 Å². The number of ether oxygens (including phenoxy) is 1. The molecule has 0 saturated heterocycles. The second kappa shape index (κ2) is 9.46. The average molecular weight is 302 g/mol. The number of aromatic nitrogens is 1. The molecule has 1 rings (SSSR count). The number of halogens is 2. The van der Waals surface area contributed by atoms with Crippen molar-refractivity contribution in [1.29, 1.82) is 0 Å². The van der Waals surface area contributed by atoms with Crippen LogP contribution in [0.3, 0.4) is 0 Å². The molecule has 0 spiro atoms. The van der Waals surface area contributed by atoms with Crippen molar-refractivity contribution < 1.29 is 13.5 Å². The van der Waals surface area contributed by atoms with E-state index in [9.17, 15) is 8.78 Å². The molecule has 0 aliphatic carbocycles. The molecule has 0 aliphatic rings. The monoisotopic (exact) mass is 302 g/mol. The summed E-state index contributed by atoms with van der Waals surface area (Å²) in [6.07, 6.45) is 0.834. The minimum atomic E-state index is -0.706. The molecule has 21 heavy (non-hydrogen) atoms. The smallest absolute Gasteiger partial charge is 0.168 e. The van der Waals surface area contributed by atoms with E-state index in [2.05, 4.69) is 15.6 Å². The van der Waals surface area contributed by atoms with Crippen LogP contribution >= 0.6 is 0 Å². The number of hydrogen-bond donors (Lipinski definition) is 2. The van der Waals surface area contributed by atoms with Gasteiger partial charge in [0, 0.05) is 25.7 Å². The third-order valence-electron chi connectivity index (χ3n) is 2.69. The summed E-state index contributed by atoms with van der Waals surface area (Å²) in [5, 5.41) is 5.64. The fourth-order valence-corrected chi connectivity index (χ4v) is 1.55. The lowest BCUT2D eigenvalue weighted by atomic mass is 10.3. The van der Waals surface area contributed by atoms with Crippen LogP contribution in [0, 0.1) is 11.6 Å². The summed E-state index contributed by atoms with van der Waals surface area (Å²) in [7, 11) is 3.93. The van der Waals surface area contributed by atoms with Crippen molar-refractivity contribution in [1.82, 2.24) is 9.88 Å². The first-order valence-electron chi connectivity index (χ1n) is 7.10. The van der Waals surface area contributed by atoms with E-state index in [1.54, 1.807) is 0 Å². The Labute approximate surface area is 124 Å². The molecule has 2 N–H and O–H groups in total. The Bertz CT molecular complexity index is 430. The molecule has 0 saturated carbocycles. The summed E-state index contributed by atoms with van der Waals surface area (Å²) in [4.78, 5) is 5.93. The maximum absolute atomic E-state index is 13.6. The summed E-state index contributed by atoms with van der Waals surface area (Å²) < 4.78 is 32.5. The van der Waals surface area contributed by atoms with E-state index < -0.39 is 11.6 Å². The lowest BCUT2D eigenvalue weighted by Gasteiger charge is -2.12. The van der Waals surface area contributed by atoms with Crippen molar-refractivity contribution in [3.8, 4) is 0 Å². The van der Waals surface area contributed by atoms with Crippen molar-refractivity contribution in [3.63, 3.8) is 0 Å². The predicted octanol–water partition coefficient (Wildman–Crippen LogP) is 2.17. The highest BCUT2D eigenvalue weighted by atomic mass is 19.1. The van der Waals surface area contributed by atoms with Crippen LogP contribution in [0.15, 0.2) is 6.07 Å². The van der Waals surface area contributed by atoms with Crippen LogP contribution in [-0.4, -0.2) is 56.8 Å². The van der Waals surface area contributed by atoms with Gasteiger partial charge in [-0.2, -0.15) is 0 Å². The average Bonchev–Trinajstić information content (AvgIpc) is 2.43.